The molecule has 1 fully saturated rings. The van der Waals surface area contributed by atoms with Crippen molar-refractivity contribution >= 4 is 29.0 Å². The molecular formula is C23H30N2O2S. The number of hydrogen-bond donors (Lipinski definition) is 1. The average molecular weight is 399 g/mol. The number of aryl methyl sites for hydroxylation is 1. The maximum Gasteiger partial charge on any atom is 0.227 e. The number of aromatic nitrogens is 1. The van der Waals surface area contributed by atoms with Crippen LogP contribution in [0.15, 0.2) is 35.7 Å². The molecule has 2 heterocycles. The van der Waals surface area contributed by atoms with Gasteiger partial charge in [-0.25, -0.2) is 4.98 Å². The van der Waals surface area contributed by atoms with E-state index < -0.39 is 6.10 Å². The first kappa shape index (κ1) is 20.7. The Morgan fingerprint density at radius 1 is 1.32 bits per heavy atom. The lowest BCUT2D eigenvalue weighted by atomic mass is 10.0. The number of amides is 1. The van der Waals surface area contributed by atoms with Crippen LogP contribution in [0.5, 0.6) is 0 Å². The summed E-state index contributed by atoms with van der Waals surface area (Å²) >= 11 is 1.64. The van der Waals surface area contributed by atoms with E-state index in [1.165, 1.54) is 0 Å². The molecule has 1 aromatic carbocycles. The van der Waals surface area contributed by atoms with Crippen LogP contribution in [-0.4, -0.2) is 22.0 Å². The third-order valence-electron chi connectivity index (χ3n) is 5.27. The van der Waals surface area contributed by atoms with Crippen LogP contribution in [0.25, 0.3) is 6.08 Å². The van der Waals surface area contributed by atoms with Gasteiger partial charge in [-0.05, 0) is 50.0 Å². The van der Waals surface area contributed by atoms with Crippen molar-refractivity contribution in [2.45, 2.75) is 70.9 Å². The predicted molar refractivity (Wildman–Crippen MR) is 117 cm³/mol. The van der Waals surface area contributed by atoms with Gasteiger partial charge in [-0.1, -0.05) is 44.4 Å². The number of carbonyl (C=O) groups excluding carboxylic acids is 1. The number of aliphatic hydroxyl groups excluding tert-OH is 1. The second-order valence-corrected chi connectivity index (χ2v) is 8.41. The van der Waals surface area contributed by atoms with Gasteiger partial charge in [-0.15, -0.1) is 11.3 Å². The van der Waals surface area contributed by atoms with Gasteiger partial charge < -0.3 is 10.0 Å². The fourth-order valence-electron chi connectivity index (χ4n) is 3.71. The van der Waals surface area contributed by atoms with Gasteiger partial charge in [-0.3, -0.25) is 4.79 Å². The highest BCUT2D eigenvalue weighted by Gasteiger charge is 2.31. The number of anilines is 1. The Bertz CT molecular complexity index is 797. The van der Waals surface area contributed by atoms with Gasteiger partial charge in [0, 0.05) is 29.2 Å². The number of rotatable bonds is 9. The van der Waals surface area contributed by atoms with Crippen molar-refractivity contribution in [2.24, 2.45) is 0 Å². The van der Waals surface area contributed by atoms with Crippen LogP contribution in [0.4, 0.5) is 5.69 Å². The standard InChI is InChI=1S/C23H30N2O2S/c1-3-4-5-8-21(26)18-10-12-20(13-11-18)25-19(14-15-23(25)27)7-6-9-22-24-17(2)16-28-22/h6,9-13,16,19,21,26H,3-5,7-8,14-15H2,1-2H3/b9-6+/t19-,21?/m0/s1. The molecule has 0 bridgehead atoms. The Labute approximate surface area is 171 Å². The van der Waals surface area contributed by atoms with E-state index in [4.69, 9.17) is 0 Å². The van der Waals surface area contributed by atoms with Crippen LogP contribution in [0.3, 0.4) is 0 Å². The van der Waals surface area contributed by atoms with E-state index in [0.717, 1.165) is 60.5 Å². The van der Waals surface area contributed by atoms with Crippen molar-refractivity contribution in [3.63, 3.8) is 0 Å². The number of carbonyl (C=O) groups is 1. The van der Waals surface area contributed by atoms with Crippen molar-refractivity contribution in [3.8, 4) is 0 Å². The van der Waals surface area contributed by atoms with E-state index in [1.54, 1.807) is 11.3 Å². The molecule has 1 aliphatic heterocycles. The summed E-state index contributed by atoms with van der Waals surface area (Å²) in [6, 6.07) is 8.06. The highest BCUT2D eigenvalue weighted by Crippen LogP contribution is 2.30. The quantitative estimate of drug-likeness (QED) is 0.554. The molecule has 1 unspecified atom stereocenters. The Balaban J connectivity index is 1.63. The first-order valence-corrected chi connectivity index (χ1v) is 11.1. The largest absolute Gasteiger partial charge is 0.388 e. The van der Waals surface area contributed by atoms with Crippen LogP contribution >= 0.6 is 11.3 Å². The summed E-state index contributed by atoms with van der Waals surface area (Å²) < 4.78 is 0. The van der Waals surface area contributed by atoms with Gasteiger partial charge in [0.05, 0.1) is 6.10 Å². The van der Waals surface area contributed by atoms with Crippen molar-refractivity contribution in [2.75, 3.05) is 4.90 Å². The zero-order valence-electron chi connectivity index (χ0n) is 16.8. The van der Waals surface area contributed by atoms with Gasteiger partial charge >= 0.3 is 0 Å². The second-order valence-electron chi connectivity index (χ2n) is 7.52. The van der Waals surface area contributed by atoms with Gasteiger partial charge in [0.1, 0.15) is 5.01 Å². The molecule has 2 atom stereocenters. The minimum atomic E-state index is -0.421. The predicted octanol–water partition coefficient (Wildman–Crippen LogP) is 5.66. The molecular weight excluding hydrogens is 368 g/mol. The van der Waals surface area contributed by atoms with Crippen LogP contribution in [0.2, 0.25) is 0 Å². The fourth-order valence-corrected chi connectivity index (χ4v) is 4.42. The molecule has 3 rings (SSSR count). The van der Waals surface area contributed by atoms with E-state index >= 15 is 0 Å². The SMILES string of the molecule is CCCCCC(O)c1ccc(N2C(=O)CC[C@@H]2C/C=C/c2nc(C)cs2)cc1. The molecule has 1 amide bonds. The number of unbranched alkanes of at least 4 members (excludes halogenated alkanes) is 2. The van der Waals surface area contributed by atoms with E-state index in [0.29, 0.717) is 6.42 Å². The van der Waals surface area contributed by atoms with Gasteiger partial charge in [0.2, 0.25) is 5.91 Å². The lowest BCUT2D eigenvalue weighted by Crippen LogP contribution is -2.32. The Kier molecular flexibility index (Phi) is 7.40. The van der Waals surface area contributed by atoms with Crippen LogP contribution in [-0.2, 0) is 4.79 Å². The number of aliphatic hydroxyl groups is 1. The van der Waals surface area contributed by atoms with E-state index in [-0.39, 0.29) is 11.9 Å². The second kappa shape index (κ2) is 9.99. The zero-order chi connectivity index (χ0) is 19.9. The summed E-state index contributed by atoms with van der Waals surface area (Å²) in [7, 11) is 0. The Morgan fingerprint density at radius 3 is 2.79 bits per heavy atom. The monoisotopic (exact) mass is 398 g/mol. The van der Waals surface area contributed by atoms with Crippen molar-refractivity contribution in [1.29, 1.82) is 0 Å². The summed E-state index contributed by atoms with van der Waals surface area (Å²) in [4.78, 5) is 18.8. The molecule has 1 N–H and O–H groups in total. The lowest BCUT2D eigenvalue weighted by molar-refractivity contribution is -0.117. The number of thiazole rings is 1. The highest BCUT2D eigenvalue weighted by molar-refractivity contribution is 7.10. The van der Waals surface area contributed by atoms with Crippen molar-refractivity contribution in [1.82, 2.24) is 4.98 Å². The molecule has 0 aliphatic carbocycles. The molecule has 0 spiro atoms. The zero-order valence-corrected chi connectivity index (χ0v) is 17.6. The minimum absolute atomic E-state index is 0.180. The molecule has 1 aliphatic rings. The van der Waals surface area contributed by atoms with Crippen LogP contribution < -0.4 is 4.90 Å². The molecule has 1 aromatic heterocycles. The summed E-state index contributed by atoms with van der Waals surface area (Å²) in [5, 5.41) is 13.4. The summed E-state index contributed by atoms with van der Waals surface area (Å²) in [5.74, 6) is 0.180. The molecule has 28 heavy (non-hydrogen) atoms. The molecule has 1 saturated heterocycles. The van der Waals surface area contributed by atoms with Crippen LogP contribution in [0.1, 0.15) is 74.2 Å². The third kappa shape index (κ3) is 5.30. The molecule has 0 radical (unpaired) electrons. The first-order valence-electron chi connectivity index (χ1n) is 10.3. The Hall–Kier alpha value is -1.98. The fraction of sp³-hybridized carbons (Fsp3) is 0.478. The summed E-state index contributed by atoms with van der Waals surface area (Å²) in [5.41, 5.74) is 2.90. The average Bonchev–Trinajstić information content (AvgIpc) is 3.27. The van der Waals surface area contributed by atoms with E-state index in [9.17, 15) is 9.90 Å². The number of nitrogens with zero attached hydrogens (tertiary/aromatic N) is 2. The maximum atomic E-state index is 12.5. The first-order chi connectivity index (χ1) is 13.6. The van der Waals surface area contributed by atoms with Gasteiger partial charge in [-0.2, -0.15) is 0 Å². The minimum Gasteiger partial charge on any atom is -0.388 e. The van der Waals surface area contributed by atoms with Gasteiger partial charge in [0.25, 0.3) is 0 Å². The lowest BCUT2D eigenvalue weighted by Gasteiger charge is -2.24. The van der Waals surface area contributed by atoms with Gasteiger partial charge in [0.15, 0.2) is 0 Å². The molecule has 4 nitrogen and oxygen atoms in total. The number of hydrogen-bond acceptors (Lipinski definition) is 4. The molecule has 5 heteroatoms. The molecule has 150 valence electrons. The smallest absolute Gasteiger partial charge is 0.227 e. The third-order valence-corrected chi connectivity index (χ3v) is 6.20. The molecule has 0 saturated carbocycles. The maximum absolute atomic E-state index is 12.5. The van der Waals surface area contributed by atoms with Crippen molar-refractivity contribution in [3.05, 3.63) is 52.0 Å². The highest BCUT2D eigenvalue weighted by atomic mass is 32.1. The van der Waals surface area contributed by atoms with E-state index in [1.807, 2.05) is 41.5 Å². The van der Waals surface area contributed by atoms with E-state index in [2.05, 4.69) is 24.1 Å². The normalized spacial score (nSPS) is 18.3. The summed E-state index contributed by atoms with van der Waals surface area (Å²) in [6.45, 7) is 4.16. The molecule has 2 aromatic rings. The Morgan fingerprint density at radius 2 is 2.11 bits per heavy atom. The summed E-state index contributed by atoms with van der Waals surface area (Å²) in [6.07, 6.45) is 10.2. The topological polar surface area (TPSA) is 53.4 Å². The van der Waals surface area contributed by atoms with Crippen LogP contribution in [0, 0.1) is 6.92 Å². The van der Waals surface area contributed by atoms with Crippen molar-refractivity contribution < 1.29 is 9.90 Å². The number of benzene rings is 1.